The third-order valence-corrected chi connectivity index (χ3v) is 3.54. The number of anilines is 1. The third-order valence-electron chi connectivity index (χ3n) is 3.54. The number of hydrogen-bond donors (Lipinski definition) is 2. The summed E-state index contributed by atoms with van der Waals surface area (Å²) in [5, 5.41) is 23.2. The SMILES string of the molecule is CCCC(C(=O)Nc1cc([N+](=O)[O-])ccc1O)c1ccccc1. The van der Waals surface area contributed by atoms with Crippen LogP contribution >= 0.6 is 0 Å². The quantitative estimate of drug-likeness (QED) is 0.481. The van der Waals surface area contributed by atoms with E-state index in [0.717, 1.165) is 18.1 Å². The number of carbonyl (C=O) groups is 1. The molecule has 0 heterocycles. The highest BCUT2D eigenvalue weighted by atomic mass is 16.6. The lowest BCUT2D eigenvalue weighted by Gasteiger charge is -2.17. The number of amides is 1. The zero-order valence-electron chi connectivity index (χ0n) is 12.7. The molecule has 0 aliphatic heterocycles. The number of nitrogens with one attached hydrogen (secondary N) is 1. The Labute approximate surface area is 133 Å². The summed E-state index contributed by atoms with van der Waals surface area (Å²) in [6.07, 6.45) is 1.46. The number of phenolic OH excluding ortho intramolecular Hbond substituents is 1. The molecule has 0 fully saturated rings. The van der Waals surface area contributed by atoms with Gasteiger partial charge < -0.3 is 10.4 Å². The van der Waals surface area contributed by atoms with Gasteiger partial charge in [0.15, 0.2) is 0 Å². The van der Waals surface area contributed by atoms with Gasteiger partial charge >= 0.3 is 0 Å². The van der Waals surface area contributed by atoms with Gasteiger partial charge in [0, 0.05) is 12.1 Å². The maximum Gasteiger partial charge on any atom is 0.271 e. The van der Waals surface area contributed by atoms with E-state index in [4.69, 9.17) is 0 Å². The van der Waals surface area contributed by atoms with Gasteiger partial charge in [-0.2, -0.15) is 0 Å². The average molecular weight is 314 g/mol. The number of benzene rings is 2. The Morgan fingerprint density at radius 3 is 2.57 bits per heavy atom. The Morgan fingerprint density at radius 2 is 1.96 bits per heavy atom. The predicted octanol–water partition coefficient (Wildman–Crippen LogP) is 3.82. The number of nitro benzene ring substituents is 1. The van der Waals surface area contributed by atoms with Crippen LogP contribution in [-0.4, -0.2) is 15.9 Å². The minimum atomic E-state index is -0.574. The zero-order chi connectivity index (χ0) is 16.8. The van der Waals surface area contributed by atoms with Gasteiger partial charge in [0.1, 0.15) is 5.75 Å². The lowest BCUT2D eigenvalue weighted by molar-refractivity contribution is -0.384. The Hall–Kier alpha value is -2.89. The van der Waals surface area contributed by atoms with E-state index in [9.17, 15) is 20.0 Å². The average Bonchev–Trinajstić information content (AvgIpc) is 2.55. The molecule has 0 saturated carbocycles. The second-order valence-corrected chi connectivity index (χ2v) is 5.20. The van der Waals surface area contributed by atoms with E-state index in [2.05, 4.69) is 5.32 Å². The molecule has 1 unspecified atom stereocenters. The molecule has 6 nitrogen and oxygen atoms in total. The maximum absolute atomic E-state index is 12.5. The number of nitrogens with zero attached hydrogens (tertiary/aromatic N) is 1. The number of hydrogen-bond acceptors (Lipinski definition) is 4. The minimum Gasteiger partial charge on any atom is -0.506 e. The van der Waals surface area contributed by atoms with Gasteiger partial charge in [-0.15, -0.1) is 0 Å². The molecule has 2 aromatic carbocycles. The Bertz CT molecular complexity index is 701. The topological polar surface area (TPSA) is 92.5 Å². The summed E-state index contributed by atoms with van der Waals surface area (Å²) in [6, 6.07) is 12.9. The van der Waals surface area contributed by atoms with Gasteiger partial charge in [-0.1, -0.05) is 43.7 Å². The molecule has 1 atom stereocenters. The molecule has 120 valence electrons. The highest BCUT2D eigenvalue weighted by Gasteiger charge is 2.21. The van der Waals surface area contributed by atoms with E-state index in [1.807, 2.05) is 37.3 Å². The maximum atomic E-state index is 12.5. The van der Waals surface area contributed by atoms with Crippen LogP contribution in [0.3, 0.4) is 0 Å². The van der Waals surface area contributed by atoms with Crippen molar-refractivity contribution in [1.82, 2.24) is 0 Å². The summed E-state index contributed by atoms with van der Waals surface area (Å²) in [6.45, 7) is 1.98. The molecule has 0 aromatic heterocycles. The van der Waals surface area contributed by atoms with E-state index < -0.39 is 4.92 Å². The predicted molar refractivity (Wildman–Crippen MR) is 87.5 cm³/mol. The molecule has 2 rings (SSSR count). The largest absolute Gasteiger partial charge is 0.506 e. The molecule has 0 bridgehead atoms. The summed E-state index contributed by atoms with van der Waals surface area (Å²) in [5.74, 6) is -0.874. The van der Waals surface area contributed by atoms with E-state index in [1.165, 1.54) is 12.1 Å². The molecule has 23 heavy (non-hydrogen) atoms. The zero-order valence-corrected chi connectivity index (χ0v) is 12.7. The summed E-state index contributed by atoms with van der Waals surface area (Å²) >= 11 is 0. The van der Waals surface area contributed by atoms with Crippen LogP contribution in [0.1, 0.15) is 31.2 Å². The Morgan fingerprint density at radius 1 is 1.26 bits per heavy atom. The fourth-order valence-electron chi connectivity index (χ4n) is 2.38. The molecule has 0 radical (unpaired) electrons. The van der Waals surface area contributed by atoms with Crippen LogP contribution in [0.5, 0.6) is 5.75 Å². The first-order valence-corrected chi connectivity index (χ1v) is 7.36. The number of phenols is 1. The van der Waals surface area contributed by atoms with Crippen LogP contribution < -0.4 is 5.32 Å². The fourth-order valence-corrected chi connectivity index (χ4v) is 2.38. The highest BCUT2D eigenvalue weighted by molar-refractivity contribution is 5.97. The second kappa shape index (κ2) is 7.40. The van der Waals surface area contributed by atoms with E-state index in [0.29, 0.717) is 6.42 Å². The van der Waals surface area contributed by atoms with Crippen LogP contribution in [0.2, 0.25) is 0 Å². The standard InChI is InChI=1S/C17H18N2O4/c1-2-6-14(12-7-4-3-5-8-12)17(21)18-15-11-13(19(22)23)9-10-16(15)20/h3-5,7-11,14,20H,2,6H2,1H3,(H,18,21). The number of nitro groups is 1. The highest BCUT2D eigenvalue weighted by Crippen LogP contribution is 2.30. The number of carbonyl (C=O) groups excluding carboxylic acids is 1. The summed E-state index contributed by atoms with van der Waals surface area (Å²) < 4.78 is 0. The fraction of sp³-hybridized carbons (Fsp3) is 0.235. The van der Waals surface area contributed by atoms with E-state index >= 15 is 0 Å². The molecule has 2 N–H and O–H groups in total. The summed E-state index contributed by atoms with van der Waals surface area (Å²) in [4.78, 5) is 22.8. The van der Waals surface area contributed by atoms with Crippen LogP contribution in [-0.2, 0) is 4.79 Å². The first-order valence-electron chi connectivity index (χ1n) is 7.36. The van der Waals surface area contributed by atoms with Crippen molar-refractivity contribution in [2.45, 2.75) is 25.7 Å². The molecule has 2 aromatic rings. The van der Waals surface area contributed by atoms with E-state index in [-0.39, 0.29) is 28.9 Å². The number of aromatic hydroxyl groups is 1. The number of rotatable bonds is 6. The van der Waals surface area contributed by atoms with Crippen molar-refractivity contribution >= 4 is 17.3 Å². The monoisotopic (exact) mass is 314 g/mol. The van der Waals surface area contributed by atoms with Crippen LogP contribution in [0.4, 0.5) is 11.4 Å². The van der Waals surface area contributed by atoms with Gasteiger partial charge in [0.2, 0.25) is 5.91 Å². The lowest BCUT2D eigenvalue weighted by atomic mass is 9.93. The van der Waals surface area contributed by atoms with Crippen molar-refractivity contribution in [3.8, 4) is 5.75 Å². The van der Waals surface area contributed by atoms with Crippen molar-refractivity contribution in [3.05, 3.63) is 64.2 Å². The molecule has 1 amide bonds. The van der Waals surface area contributed by atoms with E-state index in [1.54, 1.807) is 0 Å². The second-order valence-electron chi connectivity index (χ2n) is 5.20. The lowest BCUT2D eigenvalue weighted by Crippen LogP contribution is -2.21. The van der Waals surface area contributed by atoms with Crippen molar-refractivity contribution in [2.24, 2.45) is 0 Å². The smallest absolute Gasteiger partial charge is 0.271 e. The minimum absolute atomic E-state index is 0.0428. The Balaban J connectivity index is 2.25. The molecule has 0 aliphatic rings. The van der Waals surface area contributed by atoms with Crippen molar-refractivity contribution in [3.63, 3.8) is 0 Å². The van der Waals surface area contributed by atoms with Crippen molar-refractivity contribution in [1.29, 1.82) is 0 Å². The first kappa shape index (κ1) is 16.5. The van der Waals surface area contributed by atoms with Crippen molar-refractivity contribution in [2.75, 3.05) is 5.32 Å². The molecule has 0 saturated heterocycles. The summed E-state index contributed by atoms with van der Waals surface area (Å²) in [7, 11) is 0. The van der Waals surface area contributed by atoms with Gasteiger partial charge in [-0.25, -0.2) is 0 Å². The Kier molecular flexibility index (Phi) is 5.30. The molecular formula is C17H18N2O4. The third kappa shape index (κ3) is 4.06. The molecule has 6 heteroatoms. The van der Waals surface area contributed by atoms with Crippen molar-refractivity contribution < 1.29 is 14.8 Å². The van der Waals surface area contributed by atoms with Crippen LogP contribution in [0.15, 0.2) is 48.5 Å². The van der Waals surface area contributed by atoms with Gasteiger partial charge in [-0.05, 0) is 18.1 Å². The van der Waals surface area contributed by atoms with Gasteiger partial charge in [0.05, 0.1) is 16.5 Å². The molecule has 0 aliphatic carbocycles. The first-order chi connectivity index (χ1) is 11.0. The van der Waals surface area contributed by atoms with Crippen LogP contribution in [0.25, 0.3) is 0 Å². The van der Waals surface area contributed by atoms with Gasteiger partial charge in [-0.3, -0.25) is 14.9 Å². The van der Waals surface area contributed by atoms with Gasteiger partial charge in [0.25, 0.3) is 5.69 Å². The normalized spacial score (nSPS) is 11.7. The number of non-ortho nitro benzene ring substituents is 1. The van der Waals surface area contributed by atoms with Crippen LogP contribution in [0, 0.1) is 10.1 Å². The molecular weight excluding hydrogens is 296 g/mol. The molecule has 0 spiro atoms. The summed E-state index contributed by atoms with van der Waals surface area (Å²) in [5.41, 5.74) is 0.725.